The van der Waals surface area contributed by atoms with Crippen molar-refractivity contribution in [2.75, 3.05) is 50.5 Å². The molecule has 184 valence electrons. The number of amides is 1. The average Bonchev–Trinajstić information content (AvgIpc) is 2.81. The van der Waals surface area contributed by atoms with Gasteiger partial charge in [-0.3, -0.25) is 24.1 Å². The minimum absolute atomic E-state index is 0.0817. The third-order valence-corrected chi connectivity index (χ3v) is 6.48. The Hall–Kier alpha value is -3.22. The van der Waals surface area contributed by atoms with Gasteiger partial charge in [-0.25, -0.2) is 8.42 Å². The second-order valence-corrected chi connectivity index (χ2v) is 9.77. The normalized spacial score (nSPS) is 14.4. The summed E-state index contributed by atoms with van der Waals surface area (Å²) in [6.07, 6.45) is 0.922. The van der Waals surface area contributed by atoms with Gasteiger partial charge in [-0.1, -0.05) is 24.3 Å². The molecule has 2 aromatic carbocycles. The number of nitro benzene ring substituents is 1. The lowest BCUT2D eigenvalue weighted by molar-refractivity contribution is -0.384. The van der Waals surface area contributed by atoms with E-state index in [-0.39, 0.29) is 23.7 Å². The Bertz CT molecular complexity index is 1120. The zero-order chi connectivity index (χ0) is 24.7. The summed E-state index contributed by atoms with van der Waals surface area (Å²) >= 11 is 0. The van der Waals surface area contributed by atoms with Crippen LogP contribution < -0.4 is 14.4 Å². The topological polar surface area (TPSA) is 131 Å². The molecule has 0 saturated carbocycles. The molecule has 0 unspecified atom stereocenters. The van der Waals surface area contributed by atoms with Gasteiger partial charge in [-0.2, -0.15) is 0 Å². The highest BCUT2D eigenvalue weighted by molar-refractivity contribution is 7.92. The Morgan fingerprint density at radius 2 is 1.82 bits per heavy atom. The Morgan fingerprint density at radius 1 is 1.18 bits per heavy atom. The Labute approximate surface area is 198 Å². The molecule has 3 rings (SSSR count). The van der Waals surface area contributed by atoms with E-state index in [4.69, 9.17) is 9.47 Å². The molecule has 0 aliphatic carbocycles. The number of anilines is 1. The first-order valence-electron chi connectivity index (χ1n) is 10.6. The van der Waals surface area contributed by atoms with Crippen molar-refractivity contribution in [2.24, 2.45) is 0 Å². The van der Waals surface area contributed by atoms with Gasteiger partial charge in [0.1, 0.15) is 18.0 Å². The van der Waals surface area contributed by atoms with Crippen LogP contribution in [0.3, 0.4) is 0 Å². The van der Waals surface area contributed by atoms with Crippen molar-refractivity contribution < 1.29 is 27.6 Å². The molecule has 0 radical (unpaired) electrons. The maximum Gasteiger partial charge on any atom is 0.271 e. The zero-order valence-corrected chi connectivity index (χ0v) is 19.9. The van der Waals surface area contributed by atoms with Gasteiger partial charge >= 0.3 is 0 Å². The van der Waals surface area contributed by atoms with Gasteiger partial charge in [0.15, 0.2) is 0 Å². The molecule has 12 heteroatoms. The maximum absolute atomic E-state index is 12.6. The lowest BCUT2D eigenvalue weighted by Gasteiger charge is -2.26. The number of benzene rings is 2. The molecular weight excluding hydrogens is 464 g/mol. The van der Waals surface area contributed by atoms with Crippen LogP contribution in [-0.2, 0) is 32.6 Å². The first-order valence-corrected chi connectivity index (χ1v) is 12.5. The van der Waals surface area contributed by atoms with Crippen LogP contribution in [0.1, 0.15) is 11.1 Å². The van der Waals surface area contributed by atoms with Gasteiger partial charge in [0.25, 0.3) is 5.69 Å². The van der Waals surface area contributed by atoms with Gasteiger partial charge in [-0.05, 0) is 17.2 Å². The number of nitrogens with zero attached hydrogens (tertiary/aromatic N) is 3. The molecule has 2 aromatic rings. The second kappa shape index (κ2) is 11.3. The Morgan fingerprint density at radius 3 is 2.41 bits per heavy atom. The summed E-state index contributed by atoms with van der Waals surface area (Å²) < 4.78 is 36.1. The van der Waals surface area contributed by atoms with Crippen molar-refractivity contribution in [3.63, 3.8) is 0 Å². The van der Waals surface area contributed by atoms with E-state index in [1.54, 1.807) is 0 Å². The summed E-state index contributed by atoms with van der Waals surface area (Å²) in [4.78, 5) is 25.4. The first-order chi connectivity index (χ1) is 16.2. The molecule has 11 nitrogen and oxygen atoms in total. The molecule has 0 bridgehead atoms. The van der Waals surface area contributed by atoms with Gasteiger partial charge in [0, 0.05) is 38.3 Å². The van der Waals surface area contributed by atoms with Crippen molar-refractivity contribution in [3.05, 3.63) is 63.7 Å². The smallest absolute Gasteiger partial charge is 0.271 e. The van der Waals surface area contributed by atoms with Crippen molar-refractivity contribution in [1.29, 1.82) is 0 Å². The fraction of sp³-hybridized carbons (Fsp3) is 0.409. The molecule has 1 fully saturated rings. The largest absolute Gasteiger partial charge is 0.495 e. The number of morpholine rings is 1. The standard InChI is InChI=1S/C22H28N4O7S/c1-32-21-8-7-19(26(28)29)13-20(21)25(34(2,30)31)16-22(27)23-14-17-3-5-18(6-4-17)15-24-9-11-33-12-10-24/h3-8,13H,9-12,14-16H2,1-2H3,(H,23,27). The molecule has 0 aromatic heterocycles. The number of carbonyl (C=O) groups excluding carboxylic acids is 1. The van der Waals surface area contributed by atoms with E-state index in [1.165, 1.54) is 19.2 Å². The van der Waals surface area contributed by atoms with Gasteiger partial charge in [0.2, 0.25) is 15.9 Å². The number of carbonyl (C=O) groups is 1. The number of nitrogens with one attached hydrogen (secondary N) is 1. The predicted octanol–water partition coefficient (Wildman–Crippen LogP) is 1.52. The summed E-state index contributed by atoms with van der Waals surface area (Å²) in [5, 5.41) is 13.9. The molecule has 0 spiro atoms. The Balaban J connectivity index is 1.65. The van der Waals surface area contributed by atoms with Gasteiger partial charge in [-0.15, -0.1) is 0 Å². The number of hydrogen-bond donors (Lipinski definition) is 1. The number of nitro groups is 1. The van der Waals surface area contributed by atoms with Crippen LogP contribution in [0.2, 0.25) is 0 Å². The third-order valence-electron chi connectivity index (χ3n) is 5.35. The highest BCUT2D eigenvalue weighted by atomic mass is 32.2. The number of methoxy groups -OCH3 is 1. The van der Waals surface area contributed by atoms with Crippen LogP contribution in [0.25, 0.3) is 0 Å². The van der Waals surface area contributed by atoms with E-state index in [2.05, 4.69) is 10.2 Å². The van der Waals surface area contributed by atoms with Crippen LogP contribution in [0.4, 0.5) is 11.4 Å². The van der Waals surface area contributed by atoms with Gasteiger partial charge in [0.05, 0.1) is 31.5 Å². The molecular formula is C22H28N4O7S. The number of ether oxygens (including phenoxy) is 2. The highest BCUT2D eigenvalue weighted by Gasteiger charge is 2.26. The fourth-order valence-corrected chi connectivity index (χ4v) is 4.39. The van der Waals surface area contributed by atoms with Crippen molar-refractivity contribution >= 4 is 27.3 Å². The summed E-state index contributed by atoms with van der Waals surface area (Å²) in [5.74, 6) is -0.462. The highest BCUT2D eigenvalue weighted by Crippen LogP contribution is 2.33. The number of hydrogen-bond acceptors (Lipinski definition) is 8. The second-order valence-electron chi connectivity index (χ2n) is 7.86. The summed E-state index contributed by atoms with van der Waals surface area (Å²) in [6, 6.07) is 11.4. The summed E-state index contributed by atoms with van der Waals surface area (Å²) in [7, 11) is -2.62. The lowest BCUT2D eigenvalue weighted by atomic mass is 10.1. The lowest BCUT2D eigenvalue weighted by Crippen LogP contribution is -2.40. The third kappa shape index (κ3) is 6.89. The summed E-state index contributed by atoms with van der Waals surface area (Å²) in [6.45, 7) is 3.73. The SMILES string of the molecule is COc1ccc([N+](=O)[O-])cc1N(CC(=O)NCc1ccc(CN2CCOCC2)cc1)S(C)(=O)=O. The minimum atomic E-state index is -3.93. The summed E-state index contributed by atoms with van der Waals surface area (Å²) in [5.41, 5.74) is 1.61. The number of sulfonamides is 1. The van der Waals surface area contributed by atoms with E-state index in [0.717, 1.165) is 60.6 Å². The van der Waals surface area contributed by atoms with Crippen LogP contribution in [0.5, 0.6) is 5.75 Å². The Kier molecular flexibility index (Phi) is 8.42. The van der Waals surface area contributed by atoms with Crippen LogP contribution >= 0.6 is 0 Å². The van der Waals surface area contributed by atoms with E-state index >= 15 is 0 Å². The molecule has 1 heterocycles. The van der Waals surface area contributed by atoms with Crippen molar-refractivity contribution in [1.82, 2.24) is 10.2 Å². The number of non-ortho nitro benzene ring substituents is 1. The van der Waals surface area contributed by atoms with Crippen molar-refractivity contribution in [3.8, 4) is 5.75 Å². The minimum Gasteiger partial charge on any atom is -0.495 e. The van der Waals surface area contributed by atoms with Crippen LogP contribution in [0, 0.1) is 10.1 Å². The predicted molar refractivity (Wildman–Crippen MR) is 126 cm³/mol. The average molecular weight is 493 g/mol. The van der Waals surface area contributed by atoms with Crippen molar-refractivity contribution in [2.45, 2.75) is 13.1 Å². The molecule has 1 N–H and O–H groups in total. The maximum atomic E-state index is 12.6. The quantitative estimate of drug-likeness (QED) is 0.390. The van der Waals surface area contributed by atoms with E-state index in [0.29, 0.717) is 0 Å². The van der Waals surface area contributed by atoms with E-state index < -0.39 is 27.4 Å². The van der Waals surface area contributed by atoms with Crippen LogP contribution in [0.15, 0.2) is 42.5 Å². The fourth-order valence-electron chi connectivity index (χ4n) is 3.53. The molecule has 34 heavy (non-hydrogen) atoms. The molecule has 1 aliphatic heterocycles. The van der Waals surface area contributed by atoms with E-state index in [9.17, 15) is 23.3 Å². The van der Waals surface area contributed by atoms with Gasteiger partial charge < -0.3 is 14.8 Å². The monoisotopic (exact) mass is 492 g/mol. The van der Waals surface area contributed by atoms with Crippen LogP contribution in [-0.4, -0.2) is 70.4 Å². The molecule has 0 atom stereocenters. The van der Waals surface area contributed by atoms with E-state index in [1.807, 2.05) is 24.3 Å². The molecule has 1 saturated heterocycles. The zero-order valence-electron chi connectivity index (χ0n) is 19.1. The molecule has 1 aliphatic rings. The molecule has 1 amide bonds. The number of rotatable bonds is 10. The first kappa shape index (κ1) is 25.4.